The summed E-state index contributed by atoms with van der Waals surface area (Å²) in [7, 11) is 0. The van der Waals surface area contributed by atoms with Crippen molar-refractivity contribution in [2.24, 2.45) is 5.92 Å². The lowest BCUT2D eigenvalue weighted by atomic mass is 9.98. The Labute approximate surface area is 97.5 Å². The van der Waals surface area contributed by atoms with Crippen molar-refractivity contribution in [2.75, 3.05) is 13.1 Å². The fourth-order valence-electron chi connectivity index (χ4n) is 2.36. The van der Waals surface area contributed by atoms with Crippen LogP contribution < -0.4 is 5.32 Å². The van der Waals surface area contributed by atoms with E-state index >= 15 is 0 Å². The largest absolute Gasteiger partial charge is 0.316 e. The Bertz CT molecular complexity index is 337. The summed E-state index contributed by atoms with van der Waals surface area (Å²) in [5, 5.41) is 12.0. The first kappa shape index (κ1) is 11.6. The molecule has 1 aliphatic rings. The zero-order valence-electron chi connectivity index (χ0n) is 10.5. The Balaban J connectivity index is 2.18. The molecule has 2 heterocycles. The molecule has 90 valence electrons. The van der Waals surface area contributed by atoms with Gasteiger partial charge in [-0.05, 0) is 32.2 Å². The highest BCUT2D eigenvalue weighted by Crippen LogP contribution is 2.22. The van der Waals surface area contributed by atoms with E-state index in [1.165, 1.54) is 18.7 Å². The van der Waals surface area contributed by atoms with Crippen LogP contribution in [0.3, 0.4) is 0 Å². The van der Waals surface area contributed by atoms with Crippen LogP contribution in [0.15, 0.2) is 0 Å². The number of hydrogen-bond acceptors (Lipinski definition) is 3. The molecule has 4 heteroatoms. The van der Waals surface area contributed by atoms with Gasteiger partial charge in [0.15, 0.2) is 0 Å². The van der Waals surface area contributed by atoms with Crippen molar-refractivity contribution in [2.45, 2.75) is 46.1 Å². The minimum absolute atomic E-state index is 0.550. The normalized spacial score (nSPS) is 21.6. The van der Waals surface area contributed by atoms with Gasteiger partial charge >= 0.3 is 0 Å². The molecule has 1 fully saturated rings. The van der Waals surface area contributed by atoms with Crippen LogP contribution in [0.25, 0.3) is 0 Å². The monoisotopic (exact) mass is 222 g/mol. The van der Waals surface area contributed by atoms with Gasteiger partial charge in [0.2, 0.25) is 0 Å². The Kier molecular flexibility index (Phi) is 3.59. The van der Waals surface area contributed by atoms with E-state index in [9.17, 15) is 0 Å². The van der Waals surface area contributed by atoms with E-state index < -0.39 is 0 Å². The van der Waals surface area contributed by atoms with E-state index in [2.05, 4.69) is 40.9 Å². The summed E-state index contributed by atoms with van der Waals surface area (Å²) >= 11 is 0. The Morgan fingerprint density at radius 2 is 2.25 bits per heavy atom. The predicted molar refractivity (Wildman–Crippen MR) is 64.4 cm³/mol. The Hall–Kier alpha value is -0.900. The molecule has 2 rings (SSSR count). The summed E-state index contributed by atoms with van der Waals surface area (Å²) in [4.78, 5) is 0. The molecule has 0 aromatic carbocycles. The van der Waals surface area contributed by atoms with Crippen LogP contribution in [-0.4, -0.2) is 27.9 Å². The molecule has 0 spiro atoms. The van der Waals surface area contributed by atoms with Crippen LogP contribution in [0.5, 0.6) is 0 Å². The number of hydrogen-bond donors (Lipinski definition) is 1. The fraction of sp³-hybridized carbons (Fsp3) is 0.833. The molecule has 1 unspecified atom stereocenters. The number of piperidine rings is 1. The van der Waals surface area contributed by atoms with Gasteiger partial charge < -0.3 is 9.88 Å². The summed E-state index contributed by atoms with van der Waals surface area (Å²) in [6.45, 7) is 9.76. The van der Waals surface area contributed by atoms with E-state index in [1.54, 1.807) is 0 Å². The highest BCUT2D eigenvalue weighted by atomic mass is 15.3. The highest BCUT2D eigenvalue weighted by Gasteiger charge is 2.22. The van der Waals surface area contributed by atoms with Gasteiger partial charge in [0.25, 0.3) is 0 Å². The number of nitrogens with zero attached hydrogens (tertiary/aromatic N) is 3. The molecule has 0 bridgehead atoms. The van der Waals surface area contributed by atoms with Crippen LogP contribution >= 0.6 is 0 Å². The molecule has 1 atom stereocenters. The zero-order chi connectivity index (χ0) is 11.5. The summed E-state index contributed by atoms with van der Waals surface area (Å²) in [5.41, 5.74) is 0. The van der Waals surface area contributed by atoms with E-state index in [4.69, 9.17) is 0 Å². The van der Waals surface area contributed by atoms with Gasteiger partial charge in [0, 0.05) is 19.0 Å². The van der Waals surface area contributed by atoms with Crippen molar-refractivity contribution in [1.82, 2.24) is 20.1 Å². The van der Waals surface area contributed by atoms with Gasteiger partial charge in [-0.15, -0.1) is 10.2 Å². The van der Waals surface area contributed by atoms with Crippen LogP contribution in [-0.2, 0) is 6.54 Å². The standard InChI is InChI=1S/C12H22N4/c1-9(2)8-16-10(3)14-15-12(16)11-5-4-6-13-7-11/h9,11,13H,4-8H2,1-3H3. The molecule has 1 N–H and O–H groups in total. The summed E-state index contributed by atoms with van der Waals surface area (Å²) in [6.07, 6.45) is 2.49. The second-order valence-corrected chi connectivity index (χ2v) is 5.15. The third-order valence-electron chi connectivity index (χ3n) is 3.17. The van der Waals surface area contributed by atoms with Gasteiger partial charge in [0.1, 0.15) is 11.6 Å². The third-order valence-corrected chi connectivity index (χ3v) is 3.17. The van der Waals surface area contributed by atoms with Crippen LogP contribution in [0.1, 0.15) is 44.3 Å². The summed E-state index contributed by atoms with van der Waals surface area (Å²) in [6, 6.07) is 0. The molecule has 16 heavy (non-hydrogen) atoms. The molecule has 1 saturated heterocycles. The van der Waals surface area contributed by atoms with Gasteiger partial charge in [-0.1, -0.05) is 13.8 Å². The molecule has 0 saturated carbocycles. The first-order valence-electron chi connectivity index (χ1n) is 6.29. The minimum Gasteiger partial charge on any atom is -0.316 e. The number of aromatic nitrogens is 3. The molecule has 1 aliphatic heterocycles. The maximum Gasteiger partial charge on any atom is 0.137 e. The lowest BCUT2D eigenvalue weighted by molar-refractivity contribution is 0.414. The van der Waals surface area contributed by atoms with Gasteiger partial charge in [-0.3, -0.25) is 0 Å². The van der Waals surface area contributed by atoms with E-state index in [0.29, 0.717) is 11.8 Å². The maximum absolute atomic E-state index is 4.37. The van der Waals surface area contributed by atoms with Crippen molar-refractivity contribution in [1.29, 1.82) is 0 Å². The van der Waals surface area contributed by atoms with Crippen molar-refractivity contribution < 1.29 is 0 Å². The van der Waals surface area contributed by atoms with Gasteiger partial charge in [0.05, 0.1) is 0 Å². The molecular weight excluding hydrogens is 200 g/mol. The average Bonchev–Trinajstić information content (AvgIpc) is 2.61. The van der Waals surface area contributed by atoms with Crippen LogP contribution in [0, 0.1) is 12.8 Å². The van der Waals surface area contributed by atoms with E-state index in [0.717, 1.165) is 25.5 Å². The topological polar surface area (TPSA) is 42.7 Å². The molecule has 0 radical (unpaired) electrons. The van der Waals surface area contributed by atoms with Crippen LogP contribution in [0.2, 0.25) is 0 Å². The fourth-order valence-corrected chi connectivity index (χ4v) is 2.36. The predicted octanol–water partition coefficient (Wildman–Crippen LogP) is 1.71. The third kappa shape index (κ3) is 2.43. The van der Waals surface area contributed by atoms with Gasteiger partial charge in [-0.2, -0.15) is 0 Å². The minimum atomic E-state index is 0.550. The number of aryl methyl sites for hydroxylation is 1. The first-order valence-corrected chi connectivity index (χ1v) is 6.29. The molecular formula is C12H22N4. The maximum atomic E-state index is 4.37. The van der Waals surface area contributed by atoms with Crippen molar-refractivity contribution >= 4 is 0 Å². The molecule has 0 aliphatic carbocycles. The van der Waals surface area contributed by atoms with Gasteiger partial charge in [-0.25, -0.2) is 0 Å². The quantitative estimate of drug-likeness (QED) is 0.846. The van der Waals surface area contributed by atoms with Crippen molar-refractivity contribution in [3.05, 3.63) is 11.6 Å². The second-order valence-electron chi connectivity index (χ2n) is 5.15. The highest BCUT2D eigenvalue weighted by molar-refractivity contribution is 5.03. The molecule has 1 aromatic rings. The smallest absolute Gasteiger partial charge is 0.137 e. The van der Waals surface area contributed by atoms with Crippen LogP contribution in [0.4, 0.5) is 0 Å². The molecule has 1 aromatic heterocycles. The lowest BCUT2D eigenvalue weighted by Gasteiger charge is -2.23. The second kappa shape index (κ2) is 4.95. The SMILES string of the molecule is Cc1nnc(C2CCCNC2)n1CC(C)C. The Morgan fingerprint density at radius 3 is 2.88 bits per heavy atom. The van der Waals surface area contributed by atoms with E-state index in [-0.39, 0.29) is 0 Å². The van der Waals surface area contributed by atoms with Crippen molar-refractivity contribution in [3.63, 3.8) is 0 Å². The van der Waals surface area contributed by atoms with E-state index in [1.807, 2.05) is 0 Å². The first-order chi connectivity index (χ1) is 7.68. The van der Waals surface area contributed by atoms with Crippen molar-refractivity contribution in [3.8, 4) is 0 Å². The lowest BCUT2D eigenvalue weighted by Crippen LogP contribution is -2.30. The summed E-state index contributed by atoms with van der Waals surface area (Å²) < 4.78 is 2.29. The molecule has 0 amide bonds. The number of rotatable bonds is 3. The average molecular weight is 222 g/mol. The number of nitrogens with one attached hydrogen (secondary N) is 1. The zero-order valence-corrected chi connectivity index (χ0v) is 10.5. The molecule has 4 nitrogen and oxygen atoms in total. The Morgan fingerprint density at radius 1 is 1.44 bits per heavy atom. The summed E-state index contributed by atoms with van der Waals surface area (Å²) in [5.74, 6) is 3.42.